The van der Waals surface area contributed by atoms with E-state index in [0.717, 1.165) is 11.1 Å². The summed E-state index contributed by atoms with van der Waals surface area (Å²) in [4.78, 5) is 22.7. The van der Waals surface area contributed by atoms with Gasteiger partial charge in [0, 0.05) is 29.6 Å². The van der Waals surface area contributed by atoms with Crippen molar-refractivity contribution in [1.82, 2.24) is 15.0 Å². The number of phenolic OH excluding ortho intramolecular Hbond substituents is 1. The third-order valence-corrected chi connectivity index (χ3v) is 2.87. The van der Waals surface area contributed by atoms with Crippen molar-refractivity contribution in [2.24, 2.45) is 0 Å². The second kappa shape index (κ2) is 4.97. The number of phenols is 1. The average Bonchev–Trinajstić information content (AvgIpc) is 2.48. The molecule has 0 atom stereocenters. The Kier molecular flexibility index (Phi) is 3.01. The summed E-state index contributed by atoms with van der Waals surface area (Å²) in [5.74, 6) is 0.630. The Hall–Kier alpha value is -2.95. The lowest BCUT2D eigenvalue weighted by Gasteiger charge is -2.05. The van der Waals surface area contributed by atoms with Gasteiger partial charge in [-0.1, -0.05) is 0 Å². The summed E-state index contributed by atoms with van der Waals surface area (Å²) in [6.07, 6.45) is 3.32. The molecule has 0 saturated heterocycles. The van der Waals surface area contributed by atoms with E-state index in [1.165, 1.54) is 6.07 Å². The highest BCUT2D eigenvalue weighted by Gasteiger charge is 2.05. The predicted octanol–water partition coefficient (Wildman–Crippen LogP) is 2.20. The number of rotatable bonds is 2. The summed E-state index contributed by atoms with van der Waals surface area (Å²) in [6, 6.07) is 11.6. The first-order chi connectivity index (χ1) is 9.72. The highest BCUT2D eigenvalue weighted by atomic mass is 16.3. The number of aromatic nitrogens is 3. The molecule has 0 aliphatic rings. The summed E-state index contributed by atoms with van der Waals surface area (Å²) in [6.45, 7) is 0. The standard InChI is InChI=1S/C15H11N3O2/c19-12-3-1-11(2-4-12)15-17-13(9-14(20)18-15)10-5-7-16-8-6-10/h1-9,19H,(H,17,18,20). The third-order valence-electron chi connectivity index (χ3n) is 2.87. The largest absolute Gasteiger partial charge is 0.508 e. The van der Waals surface area contributed by atoms with Crippen LogP contribution in [0.5, 0.6) is 5.75 Å². The van der Waals surface area contributed by atoms with Crippen molar-refractivity contribution in [2.75, 3.05) is 0 Å². The molecule has 5 heteroatoms. The number of H-pyrrole nitrogens is 1. The minimum atomic E-state index is -0.321. The molecule has 3 aromatic rings. The molecule has 1 aromatic carbocycles. The maximum atomic E-state index is 11.7. The second-order valence-electron chi connectivity index (χ2n) is 4.26. The van der Waals surface area contributed by atoms with E-state index >= 15 is 0 Å². The van der Waals surface area contributed by atoms with Crippen LogP contribution in [0, 0.1) is 0 Å². The molecule has 0 aliphatic carbocycles. The molecular formula is C15H11N3O2. The van der Waals surface area contributed by atoms with Crippen LogP contribution in [0.4, 0.5) is 0 Å². The molecule has 0 radical (unpaired) electrons. The molecule has 2 aromatic heterocycles. The zero-order valence-corrected chi connectivity index (χ0v) is 10.4. The van der Waals surface area contributed by atoms with Crippen LogP contribution in [0.25, 0.3) is 22.6 Å². The Morgan fingerprint density at radius 3 is 2.35 bits per heavy atom. The van der Waals surface area contributed by atoms with Gasteiger partial charge in [-0.15, -0.1) is 0 Å². The van der Waals surface area contributed by atoms with E-state index in [9.17, 15) is 9.90 Å². The summed E-state index contributed by atoms with van der Waals surface area (Å²) >= 11 is 0. The van der Waals surface area contributed by atoms with Gasteiger partial charge in [0.1, 0.15) is 11.6 Å². The summed E-state index contributed by atoms with van der Waals surface area (Å²) in [5, 5.41) is 9.29. The van der Waals surface area contributed by atoms with E-state index in [1.54, 1.807) is 36.7 Å². The van der Waals surface area contributed by atoms with E-state index in [2.05, 4.69) is 15.0 Å². The minimum absolute atomic E-state index is 0.168. The smallest absolute Gasteiger partial charge is 0.273 e. The van der Waals surface area contributed by atoms with Crippen molar-refractivity contribution in [3.05, 3.63) is 65.2 Å². The van der Waals surface area contributed by atoms with Gasteiger partial charge in [0.2, 0.25) is 0 Å². The van der Waals surface area contributed by atoms with Crippen molar-refractivity contribution in [3.63, 3.8) is 0 Å². The Morgan fingerprint density at radius 2 is 1.65 bits per heavy atom. The van der Waals surface area contributed by atoms with Gasteiger partial charge in [-0.2, -0.15) is 4.98 Å². The molecule has 0 saturated carbocycles. The number of aromatic amines is 1. The van der Waals surface area contributed by atoms with Crippen molar-refractivity contribution in [2.45, 2.75) is 0 Å². The lowest BCUT2D eigenvalue weighted by molar-refractivity contribution is 0.475. The normalized spacial score (nSPS) is 10.4. The Balaban J connectivity index is 2.12. The van der Waals surface area contributed by atoms with Crippen molar-refractivity contribution in [1.29, 1.82) is 0 Å². The molecule has 0 fully saturated rings. The number of hydrogen-bond donors (Lipinski definition) is 2. The zero-order valence-electron chi connectivity index (χ0n) is 10.4. The molecule has 20 heavy (non-hydrogen) atoms. The van der Waals surface area contributed by atoms with Gasteiger partial charge in [0.05, 0.1) is 5.69 Å². The Bertz CT molecular complexity index is 780. The predicted molar refractivity (Wildman–Crippen MR) is 75.2 cm³/mol. The van der Waals surface area contributed by atoms with Crippen LogP contribution in [-0.4, -0.2) is 20.1 Å². The maximum Gasteiger partial charge on any atom is 0.273 e. The SMILES string of the molecule is O=c1cc(-c2ccncc2)[nH]c(-c2ccc(O)cc2)n1. The quantitative estimate of drug-likeness (QED) is 0.744. The molecule has 2 N–H and O–H groups in total. The fourth-order valence-electron chi connectivity index (χ4n) is 1.90. The Morgan fingerprint density at radius 1 is 0.950 bits per heavy atom. The van der Waals surface area contributed by atoms with Gasteiger partial charge in [-0.3, -0.25) is 9.78 Å². The first-order valence-electron chi connectivity index (χ1n) is 6.03. The monoisotopic (exact) mass is 265 g/mol. The summed E-state index contributed by atoms with van der Waals surface area (Å²) in [7, 11) is 0. The van der Waals surface area contributed by atoms with Crippen LogP contribution < -0.4 is 5.56 Å². The first kappa shape index (κ1) is 12.1. The van der Waals surface area contributed by atoms with Crippen LogP contribution >= 0.6 is 0 Å². The lowest BCUT2D eigenvalue weighted by Crippen LogP contribution is -2.08. The molecule has 0 aliphatic heterocycles. The third kappa shape index (κ3) is 2.42. The highest BCUT2D eigenvalue weighted by Crippen LogP contribution is 2.20. The van der Waals surface area contributed by atoms with E-state index in [0.29, 0.717) is 11.5 Å². The van der Waals surface area contributed by atoms with Crippen LogP contribution in [0.1, 0.15) is 0 Å². The van der Waals surface area contributed by atoms with Crippen LogP contribution in [-0.2, 0) is 0 Å². The number of nitrogens with one attached hydrogen (secondary N) is 1. The van der Waals surface area contributed by atoms with E-state index in [1.807, 2.05) is 12.1 Å². The number of benzene rings is 1. The van der Waals surface area contributed by atoms with Crippen LogP contribution in [0.2, 0.25) is 0 Å². The zero-order chi connectivity index (χ0) is 13.9. The fourth-order valence-corrected chi connectivity index (χ4v) is 1.90. The molecule has 0 amide bonds. The number of pyridine rings is 1. The van der Waals surface area contributed by atoms with Gasteiger partial charge in [0.15, 0.2) is 0 Å². The van der Waals surface area contributed by atoms with Gasteiger partial charge in [0.25, 0.3) is 5.56 Å². The molecule has 0 unspecified atom stereocenters. The van der Waals surface area contributed by atoms with Gasteiger partial charge >= 0.3 is 0 Å². The summed E-state index contributed by atoms with van der Waals surface area (Å²) in [5.41, 5.74) is 1.95. The van der Waals surface area contributed by atoms with E-state index in [4.69, 9.17) is 0 Å². The Labute approximate surface area is 114 Å². The number of aromatic hydroxyl groups is 1. The van der Waals surface area contributed by atoms with Gasteiger partial charge < -0.3 is 10.1 Å². The topological polar surface area (TPSA) is 78.9 Å². The molecule has 5 nitrogen and oxygen atoms in total. The number of hydrogen-bond acceptors (Lipinski definition) is 4. The number of nitrogens with zero attached hydrogens (tertiary/aromatic N) is 2. The van der Waals surface area contributed by atoms with Crippen molar-refractivity contribution < 1.29 is 5.11 Å². The molecule has 98 valence electrons. The lowest BCUT2D eigenvalue weighted by atomic mass is 10.1. The second-order valence-corrected chi connectivity index (χ2v) is 4.26. The molecule has 3 rings (SSSR count). The first-order valence-corrected chi connectivity index (χ1v) is 6.03. The molecule has 2 heterocycles. The molecular weight excluding hydrogens is 254 g/mol. The van der Waals surface area contributed by atoms with Crippen molar-refractivity contribution in [3.8, 4) is 28.4 Å². The molecule has 0 spiro atoms. The highest BCUT2D eigenvalue weighted by molar-refractivity contribution is 5.63. The van der Waals surface area contributed by atoms with Crippen LogP contribution in [0.3, 0.4) is 0 Å². The van der Waals surface area contributed by atoms with E-state index < -0.39 is 0 Å². The van der Waals surface area contributed by atoms with Gasteiger partial charge in [-0.25, -0.2) is 0 Å². The minimum Gasteiger partial charge on any atom is -0.508 e. The van der Waals surface area contributed by atoms with Crippen molar-refractivity contribution >= 4 is 0 Å². The van der Waals surface area contributed by atoms with Gasteiger partial charge in [-0.05, 0) is 36.4 Å². The average molecular weight is 265 g/mol. The van der Waals surface area contributed by atoms with E-state index in [-0.39, 0.29) is 11.3 Å². The summed E-state index contributed by atoms with van der Waals surface area (Å²) < 4.78 is 0. The molecule has 0 bridgehead atoms. The maximum absolute atomic E-state index is 11.7. The van der Waals surface area contributed by atoms with Crippen LogP contribution in [0.15, 0.2) is 59.7 Å². The fraction of sp³-hybridized carbons (Fsp3) is 0.